The quantitative estimate of drug-likeness (QED) is 0.679. The fourth-order valence-corrected chi connectivity index (χ4v) is 2.15. The Bertz CT molecular complexity index is 583. The van der Waals surface area contributed by atoms with Crippen LogP contribution in [-0.2, 0) is 12.8 Å². The molecule has 5 nitrogen and oxygen atoms in total. The third-order valence-corrected chi connectivity index (χ3v) is 3.26. The number of aryl methyl sites for hydroxylation is 2. The van der Waals surface area contributed by atoms with Crippen LogP contribution in [0.1, 0.15) is 37.0 Å². The number of benzene rings is 1. The van der Waals surface area contributed by atoms with Crippen LogP contribution in [0.4, 0.5) is 0 Å². The fourth-order valence-electron chi connectivity index (χ4n) is 2.15. The van der Waals surface area contributed by atoms with Gasteiger partial charge in [0.05, 0.1) is 0 Å². The molecule has 5 heteroatoms. The van der Waals surface area contributed by atoms with Crippen LogP contribution < -0.4 is 5.76 Å². The minimum absolute atomic E-state index is 0.154. The van der Waals surface area contributed by atoms with E-state index in [0.717, 1.165) is 32.1 Å². The molecule has 0 bridgehead atoms. The third kappa shape index (κ3) is 4.19. The van der Waals surface area contributed by atoms with Gasteiger partial charge in [-0.05, 0) is 37.0 Å². The second kappa shape index (κ2) is 6.84. The highest BCUT2D eigenvalue weighted by molar-refractivity contribution is 5.25. The molecule has 1 aromatic carbocycles. The van der Waals surface area contributed by atoms with Crippen molar-refractivity contribution >= 4 is 0 Å². The summed E-state index contributed by atoms with van der Waals surface area (Å²) in [4.78, 5) is 13.0. The Morgan fingerprint density at radius 1 is 0.950 bits per heavy atom. The molecule has 0 atom stereocenters. The number of H-pyrrole nitrogens is 1. The van der Waals surface area contributed by atoms with Crippen LogP contribution in [0.2, 0.25) is 0 Å². The molecule has 2 rings (SSSR count). The highest BCUT2D eigenvalue weighted by atomic mass is 16.4. The van der Waals surface area contributed by atoms with Gasteiger partial charge in [-0.2, -0.15) is 0 Å². The average Bonchev–Trinajstić information content (AvgIpc) is 2.74. The van der Waals surface area contributed by atoms with Crippen molar-refractivity contribution in [2.45, 2.75) is 38.5 Å². The van der Waals surface area contributed by atoms with Crippen LogP contribution in [0.25, 0.3) is 0 Å². The Morgan fingerprint density at radius 2 is 1.60 bits per heavy atom. The molecule has 0 radical (unpaired) electrons. The van der Waals surface area contributed by atoms with Crippen molar-refractivity contribution in [2.24, 2.45) is 0 Å². The maximum atomic E-state index is 10.8. The Balaban J connectivity index is 1.61. The Morgan fingerprint density at radius 3 is 2.20 bits per heavy atom. The standard InChI is InChI=1S/C15H19NO4/c17-12-9-7-11(8-10-12)5-3-1-2-4-6-13-14(18)16-15(19)20-13/h7-10,17-18H,1-6H2,(H,16,19). The lowest BCUT2D eigenvalue weighted by atomic mass is 10.1. The van der Waals surface area contributed by atoms with Crippen LogP contribution in [0.3, 0.4) is 0 Å². The maximum Gasteiger partial charge on any atom is 0.419 e. The van der Waals surface area contributed by atoms with E-state index in [1.165, 1.54) is 5.56 Å². The summed E-state index contributed by atoms with van der Waals surface area (Å²) >= 11 is 0. The predicted molar refractivity (Wildman–Crippen MR) is 75.0 cm³/mol. The smallest absolute Gasteiger partial charge is 0.419 e. The first kappa shape index (κ1) is 14.2. The molecule has 2 aromatic rings. The topological polar surface area (TPSA) is 86.5 Å². The minimum atomic E-state index is -0.607. The summed E-state index contributed by atoms with van der Waals surface area (Å²) in [6.45, 7) is 0. The molecule has 0 unspecified atom stereocenters. The summed E-state index contributed by atoms with van der Waals surface area (Å²) < 4.78 is 4.82. The second-order valence-corrected chi connectivity index (χ2v) is 4.87. The van der Waals surface area contributed by atoms with Crippen LogP contribution in [0.5, 0.6) is 11.6 Å². The van der Waals surface area contributed by atoms with Gasteiger partial charge in [-0.25, -0.2) is 4.79 Å². The molecule has 1 aromatic heterocycles. The Hall–Kier alpha value is -2.17. The molecule has 0 saturated heterocycles. The van der Waals surface area contributed by atoms with Gasteiger partial charge in [0.25, 0.3) is 0 Å². The number of hydrogen-bond donors (Lipinski definition) is 3. The SMILES string of the molecule is O=c1[nH]c(O)c(CCCCCCc2ccc(O)cc2)o1. The molecule has 0 aliphatic carbocycles. The van der Waals surface area contributed by atoms with E-state index >= 15 is 0 Å². The number of aromatic amines is 1. The molecule has 3 N–H and O–H groups in total. The van der Waals surface area contributed by atoms with Crippen molar-refractivity contribution < 1.29 is 14.6 Å². The summed E-state index contributed by atoms with van der Waals surface area (Å²) in [7, 11) is 0. The number of phenols is 1. The Kier molecular flexibility index (Phi) is 4.87. The van der Waals surface area contributed by atoms with E-state index in [2.05, 4.69) is 4.98 Å². The molecule has 0 spiro atoms. The van der Waals surface area contributed by atoms with Crippen molar-refractivity contribution in [3.8, 4) is 11.6 Å². The zero-order chi connectivity index (χ0) is 14.4. The highest BCUT2D eigenvalue weighted by Crippen LogP contribution is 2.16. The monoisotopic (exact) mass is 277 g/mol. The van der Waals surface area contributed by atoms with Crippen LogP contribution in [0, 0.1) is 0 Å². The normalized spacial score (nSPS) is 10.8. The summed E-state index contributed by atoms with van der Waals surface area (Å²) in [5.41, 5.74) is 1.22. The van der Waals surface area contributed by atoms with E-state index in [1.54, 1.807) is 12.1 Å². The zero-order valence-corrected chi connectivity index (χ0v) is 11.3. The summed E-state index contributed by atoms with van der Waals surface area (Å²) in [6.07, 6.45) is 5.62. The van der Waals surface area contributed by atoms with Crippen molar-refractivity contribution in [2.75, 3.05) is 0 Å². The van der Waals surface area contributed by atoms with Crippen molar-refractivity contribution in [3.05, 3.63) is 46.1 Å². The third-order valence-electron chi connectivity index (χ3n) is 3.26. The van der Waals surface area contributed by atoms with Crippen molar-refractivity contribution in [3.63, 3.8) is 0 Å². The molecule has 0 saturated carbocycles. The summed E-state index contributed by atoms with van der Waals surface area (Å²) in [5.74, 6) is -0.126. The number of nitrogens with one attached hydrogen (secondary N) is 1. The van der Waals surface area contributed by atoms with E-state index in [1.807, 2.05) is 12.1 Å². The van der Waals surface area contributed by atoms with Gasteiger partial charge < -0.3 is 14.6 Å². The molecular weight excluding hydrogens is 258 g/mol. The molecule has 0 amide bonds. The molecule has 1 heterocycles. The van der Waals surface area contributed by atoms with E-state index < -0.39 is 5.76 Å². The van der Waals surface area contributed by atoms with E-state index in [0.29, 0.717) is 17.9 Å². The minimum Gasteiger partial charge on any atom is -0.508 e. The number of oxazole rings is 1. The molecule has 108 valence electrons. The number of phenolic OH excluding ortho intramolecular Hbond substituents is 1. The van der Waals surface area contributed by atoms with E-state index in [-0.39, 0.29) is 5.88 Å². The van der Waals surface area contributed by atoms with Gasteiger partial charge in [-0.1, -0.05) is 25.0 Å². The Labute approximate surface area is 116 Å². The average molecular weight is 277 g/mol. The lowest BCUT2D eigenvalue weighted by molar-refractivity contribution is 0.414. The maximum absolute atomic E-state index is 10.8. The van der Waals surface area contributed by atoms with Gasteiger partial charge in [-0.15, -0.1) is 0 Å². The number of rotatable bonds is 7. The van der Waals surface area contributed by atoms with Gasteiger partial charge in [0.1, 0.15) is 5.75 Å². The van der Waals surface area contributed by atoms with Gasteiger partial charge in [0.2, 0.25) is 5.88 Å². The van der Waals surface area contributed by atoms with Crippen LogP contribution in [-0.4, -0.2) is 15.2 Å². The summed E-state index contributed by atoms with van der Waals surface area (Å²) in [5, 5.41) is 18.5. The number of unbranched alkanes of at least 4 members (excludes halogenated alkanes) is 3. The second-order valence-electron chi connectivity index (χ2n) is 4.87. The van der Waals surface area contributed by atoms with Gasteiger partial charge in [-0.3, -0.25) is 4.98 Å². The molecular formula is C15H19NO4. The van der Waals surface area contributed by atoms with Gasteiger partial charge in [0, 0.05) is 6.42 Å². The molecule has 0 fully saturated rings. The lowest BCUT2D eigenvalue weighted by Crippen LogP contribution is -1.93. The fraction of sp³-hybridized carbons (Fsp3) is 0.400. The highest BCUT2D eigenvalue weighted by Gasteiger charge is 2.07. The predicted octanol–water partition coefficient (Wildman–Crippen LogP) is 2.72. The number of hydrogen-bond acceptors (Lipinski definition) is 4. The number of aromatic hydroxyl groups is 2. The van der Waals surface area contributed by atoms with Crippen molar-refractivity contribution in [1.29, 1.82) is 0 Å². The largest absolute Gasteiger partial charge is 0.508 e. The summed E-state index contributed by atoms with van der Waals surface area (Å²) in [6, 6.07) is 7.27. The van der Waals surface area contributed by atoms with E-state index in [9.17, 15) is 15.0 Å². The lowest BCUT2D eigenvalue weighted by Gasteiger charge is -2.02. The zero-order valence-electron chi connectivity index (χ0n) is 11.3. The first-order chi connectivity index (χ1) is 9.65. The van der Waals surface area contributed by atoms with E-state index in [4.69, 9.17) is 4.42 Å². The first-order valence-corrected chi connectivity index (χ1v) is 6.84. The molecule has 0 aliphatic heterocycles. The number of aromatic nitrogens is 1. The van der Waals surface area contributed by atoms with Gasteiger partial charge >= 0.3 is 5.76 Å². The van der Waals surface area contributed by atoms with Gasteiger partial charge in [0.15, 0.2) is 5.76 Å². The van der Waals surface area contributed by atoms with Crippen LogP contribution in [0.15, 0.2) is 33.5 Å². The first-order valence-electron chi connectivity index (χ1n) is 6.84. The molecule has 0 aliphatic rings. The molecule has 20 heavy (non-hydrogen) atoms. The van der Waals surface area contributed by atoms with Crippen molar-refractivity contribution in [1.82, 2.24) is 4.98 Å². The van der Waals surface area contributed by atoms with Crippen LogP contribution >= 0.6 is 0 Å².